The number of benzene rings is 2. The molecule has 9 N–H and O–H groups in total. The second kappa shape index (κ2) is 22.7. The molecule has 3 atom stereocenters. The van der Waals surface area contributed by atoms with Gasteiger partial charge in [-0.05, 0) is 69.4 Å². The first-order valence-electron chi connectivity index (χ1n) is 16.9. The Kier molecular flexibility index (Phi) is 20.1. The third kappa shape index (κ3) is 14.1. The van der Waals surface area contributed by atoms with E-state index in [0.29, 0.717) is 31.6 Å². The van der Waals surface area contributed by atoms with Crippen molar-refractivity contribution in [2.45, 2.75) is 84.5 Å². The summed E-state index contributed by atoms with van der Waals surface area (Å²) in [6, 6.07) is 10.0. The van der Waals surface area contributed by atoms with Crippen LogP contribution in [0.15, 0.2) is 42.5 Å². The minimum Gasteiger partial charge on any atom is -0.426 e. The van der Waals surface area contributed by atoms with Crippen molar-refractivity contribution in [1.82, 2.24) is 20.4 Å². The summed E-state index contributed by atoms with van der Waals surface area (Å²) in [5.74, 6) is -2.42. The van der Waals surface area contributed by atoms with Crippen LogP contribution in [0.2, 0.25) is 0 Å². The molecule has 2 fully saturated rings. The van der Waals surface area contributed by atoms with E-state index in [1.54, 1.807) is 36.1 Å². The van der Waals surface area contributed by atoms with Crippen molar-refractivity contribution in [2.75, 3.05) is 26.7 Å². The van der Waals surface area contributed by atoms with Crippen molar-refractivity contribution >= 4 is 41.3 Å². The molecular formula is C33H52BFN6O10S. The molecule has 4 amide bonds. The quantitative estimate of drug-likeness (QED) is 0.121. The Bertz CT molecular complexity index is 1570. The summed E-state index contributed by atoms with van der Waals surface area (Å²) in [5, 5.41) is 30.6. The van der Waals surface area contributed by atoms with E-state index in [-0.39, 0.29) is 53.7 Å². The molecule has 4 rings (SSSR count). The number of likely N-dealkylation sites (tertiary alicyclic amines) is 2. The van der Waals surface area contributed by atoms with E-state index < -0.39 is 35.5 Å². The molecule has 0 aliphatic carbocycles. The smallest absolute Gasteiger partial charge is 0.426 e. The standard InChI is InChI=1S/C16H22FN3O5S.C14H20BN3O4.C2H6.CH4O/c1-10-4-3-7-20(10)16(22)11(2)19-15(21)12-5-6-13(9-18)14(8-12)25-26(17,23)24;16-8-10-3-5-11(6-4-10)14(20)17-9-13(19)18-7-1-2-12(18)15(21)22;2*1-2/h5-6,8,10-11H,3-4,7,9,18H2,1-2H3,(H,19,21);3-6,12,21-22H,1-2,7-9,16H2,(H,17,20);1-2H3;2H,1H3/t10?,11-;;;/m1.../s1. The zero-order valence-electron chi connectivity index (χ0n) is 30.2. The van der Waals surface area contributed by atoms with Crippen molar-refractivity contribution in [2.24, 2.45) is 11.5 Å². The number of nitrogens with one attached hydrogen (secondary N) is 2. The second-order valence-corrected chi connectivity index (χ2v) is 12.5. The van der Waals surface area contributed by atoms with Gasteiger partial charge in [-0.2, -0.15) is 8.42 Å². The highest BCUT2D eigenvalue weighted by Crippen LogP contribution is 2.23. The highest BCUT2D eigenvalue weighted by atomic mass is 32.3. The molecule has 2 aromatic carbocycles. The molecule has 0 bridgehead atoms. The number of rotatable bonds is 11. The Morgan fingerprint density at radius 2 is 1.52 bits per heavy atom. The molecule has 52 heavy (non-hydrogen) atoms. The molecule has 2 unspecified atom stereocenters. The van der Waals surface area contributed by atoms with Gasteiger partial charge in [0.2, 0.25) is 11.8 Å². The van der Waals surface area contributed by atoms with Gasteiger partial charge in [-0.25, -0.2) is 0 Å². The van der Waals surface area contributed by atoms with Crippen LogP contribution >= 0.6 is 0 Å². The number of halogens is 1. The molecule has 0 saturated carbocycles. The van der Waals surface area contributed by atoms with Crippen molar-refractivity contribution in [3.05, 3.63) is 64.7 Å². The minimum absolute atomic E-state index is 0.0231. The van der Waals surface area contributed by atoms with Crippen molar-refractivity contribution in [1.29, 1.82) is 0 Å². The Hall–Kier alpha value is -4.14. The fourth-order valence-corrected chi connectivity index (χ4v) is 5.83. The highest BCUT2D eigenvalue weighted by molar-refractivity contribution is 7.81. The lowest BCUT2D eigenvalue weighted by Gasteiger charge is -2.25. The molecule has 290 valence electrons. The van der Waals surface area contributed by atoms with Crippen LogP contribution in [0.25, 0.3) is 0 Å². The largest absolute Gasteiger partial charge is 0.488 e. The predicted molar refractivity (Wildman–Crippen MR) is 193 cm³/mol. The maximum absolute atomic E-state index is 12.8. The summed E-state index contributed by atoms with van der Waals surface area (Å²) in [6.45, 7) is 8.78. The van der Waals surface area contributed by atoms with Crippen molar-refractivity contribution in [3.8, 4) is 5.75 Å². The lowest BCUT2D eigenvalue weighted by Crippen LogP contribution is -2.48. The van der Waals surface area contributed by atoms with Gasteiger partial charge in [0.15, 0.2) is 5.75 Å². The van der Waals surface area contributed by atoms with Gasteiger partial charge in [0.1, 0.15) is 6.04 Å². The van der Waals surface area contributed by atoms with Gasteiger partial charge in [0, 0.05) is 56.0 Å². The summed E-state index contributed by atoms with van der Waals surface area (Å²) in [5.41, 5.74) is 12.6. The summed E-state index contributed by atoms with van der Waals surface area (Å²) >= 11 is 0. The van der Waals surface area contributed by atoms with Crippen LogP contribution in [0.4, 0.5) is 3.89 Å². The summed E-state index contributed by atoms with van der Waals surface area (Å²) in [4.78, 5) is 51.9. The molecule has 16 nitrogen and oxygen atoms in total. The third-order valence-electron chi connectivity index (χ3n) is 8.11. The van der Waals surface area contributed by atoms with Gasteiger partial charge in [-0.15, -0.1) is 0 Å². The second-order valence-electron chi connectivity index (χ2n) is 11.5. The van der Waals surface area contributed by atoms with E-state index in [1.165, 1.54) is 17.0 Å². The Balaban J connectivity index is 0.000000480. The van der Waals surface area contributed by atoms with Gasteiger partial charge in [-0.1, -0.05) is 35.9 Å². The van der Waals surface area contributed by atoms with Crippen LogP contribution in [0.3, 0.4) is 0 Å². The van der Waals surface area contributed by atoms with Crippen LogP contribution in [-0.4, -0.2) is 109 Å². The maximum Gasteiger partial charge on any atom is 0.488 e. The van der Waals surface area contributed by atoms with E-state index in [4.69, 9.17) is 16.6 Å². The number of hydrogen-bond donors (Lipinski definition) is 7. The maximum atomic E-state index is 12.8. The summed E-state index contributed by atoms with van der Waals surface area (Å²) in [6.07, 6.45) is 3.12. The average molecular weight is 755 g/mol. The summed E-state index contributed by atoms with van der Waals surface area (Å²) < 4.78 is 38.5. The number of hydrogen-bond acceptors (Lipinski definition) is 12. The zero-order chi connectivity index (χ0) is 39.6. The fourth-order valence-electron chi connectivity index (χ4n) is 5.46. The summed E-state index contributed by atoms with van der Waals surface area (Å²) in [7, 11) is -5.80. The molecule has 19 heteroatoms. The SMILES string of the molecule is CC.CC1CCCN1C(=O)[C@@H](C)NC(=O)c1ccc(CN)c(OS(=O)(=O)F)c1.CO.NCc1ccc(C(=O)NCC(=O)N2CCCC2B(O)O)cc1. The number of carbonyl (C=O) groups excluding carboxylic acids is 4. The van der Waals surface area contributed by atoms with E-state index in [0.717, 1.165) is 38.0 Å². The van der Waals surface area contributed by atoms with Crippen molar-refractivity contribution in [3.63, 3.8) is 0 Å². The van der Waals surface area contributed by atoms with Gasteiger partial charge >= 0.3 is 17.6 Å². The molecule has 0 radical (unpaired) electrons. The normalized spacial score (nSPS) is 16.8. The average Bonchev–Trinajstić information content (AvgIpc) is 3.81. The van der Waals surface area contributed by atoms with Gasteiger partial charge in [0.25, 0.3) is 11.8 Å². The first kappa shape index (κ1) is 45.9. The lowest BCUT2D eigenvalue weighted by molar-refractivity contribution is -0.133. The number of nitrogens with zero attached hydrogens (tertiary/aromatic N) is 2. The highest BCUT2D eigenvalue weighted by Gasteiger charge is 2.36. The van der Waals surface area contributed by atoms with E-state index in [1.807, 2.05) is 20.8 Å². The van der Waals surface area contributed by atoms with Crippen LogP contribution in [0.1, 0.15) is 85.2 Å². The number of nitrogens with two attached hydrogens (primary N) is 2. The lowest BCUT2D eigenvalue weighted by atomic mass is 9.78. The Morgan fingerprint density at radius 3 is 2.04 bits per heavy atom. The number of carbonyl (C=O) groups is 4. The van der Waals surface area contributed by atoms with E-state index >= 15 is 0 Å². The topological polar surface area (TPSA) is 255 Å². The molecule has 0 aromatic heterocycles. The first-order chi connectivity index (χ1) is 24.6. The van der Waals surface area contributed by atoms with Crippen LogP contribution in [0, 0.1) is 0 Å². The van der Waals surface area contributed by atoms with Crippen molar-refractivity contribution < 1.29 is 50.8 Å². The molecule has 2 aromatic rings. The molecule has 0 spiro atoms. The minimum atomic E-state index is -5.25. The molecule has 2 aliphatic rings. The van der Waals surface area contributed by atoms with Gasteiger partial charge in [0.05, 0.1) is 12.5 Å². The number of aliphatic hydroxyl groups excluding tert-OH is 1. The van der Waals surface area contributed by atoms with E-state index in [2.05, 4.69) is 14.8 Å². The molecular weight excluding hydrogens is 702 g/mol. The molecule has 2 aliphatic heterocycles. The van der Waals surface area contributed by atoms with E-state index in [9.17, 15) is 41.5 Å². The Labute approximate surface area is 305 Å². The van der Waals surface area contributed by atoms with Gasteiger partial charge < -0.3 is 51.2 Å². The number of aliphatic hydroxyl groups is 1. The Morgan fingerprint density at radius 1 is 0.942 bits per heavy atom. The third-order valence-corrected chi connectivity index (χ3v) is 8.49. The fraction of sp³-hybridized carbons (Fsp3) is 0.515. The zero-order valence-corrected chi connectivity index (χ0v) is 31.1. The van der Waals surface area contributed by atoms with Crippen LogP contribution < -0.4 is 26.3 Å². The monoisotopic (exact) mass is 754 g/mol. The predicted octanol–water partition coefficient (Wildman–Crippen LogP) is 0.380. The van der Waals surface area contributed by atoms with Crippen LogP contribution in [-0.2, 0) is 33.2 Å². The van der Waals surface area contributed by atoms with Crippen LogP contribution in [0.5, 0.6) is 5.75 Å². The van der Waals surface area contributed by atoms with Gasteiger partial charge in [-0.3, -0.25) is 19.2 Å². The number of amides is 4. The molecule has 2 heterocycles. The molecule has 2 saturated heterocycles. The first-order valence-corrected chi connectivity index (χ1v) is 18.2.